The second-order valence-electron chi connectivity index (χ2n) is 5.35. The number of ether oxygens (including phenoxy) is 1. The van der Waals surface area contributed by atoms with Gasteiger partial charge in [-0.1, -0.05) is 48.5 Å². The summed E-state index contributed by atoms with van der Waals surface area (Å²) in [6.45, 7) is 0. The summed E-state index contributed by atoms with van der Waals surface area (Å²) in [6.07, 6.45) is 2.59. The van der Waals surface area contributed by atoms with E-state index in [0.29, 0.717) is 6.42 Å². The lowest BCUT2D eigenvalue weighted by Crippen LogP contribution is -2.04. The van der Waals surface area contributed by atoms with Crippen LogP contribution in [0.3, 0.4) is 0 Å². The first-order valence-corrected chi connectivity index (χ1v) is 7.00. The van der Waals surface area contributed by atoms with Crippen molar-refractivity contribution in [3.05, 3.63) is 65.2 Å². The number of fused-ring (bicyclic) bond motifs is 5. The minimum absolute atomic E-state index is 0.236. The van der Waals surface area contributed by atoms with E-state index in [1.54, 1.807) is 0 Å². The number of hydrogen-bond acceptors (Lipinski definition) is 2. The van der Waals surface area contributed by atoms with E-state index in [1.807, 2.05) is 6.08 Å². The van der Waals surface area contributed by atoms with Gasteiger partial charge >= 0.3 is 5.97 Å². The van der Waals surface area contributed by atoms with Gasteiger partial charge in [-0.2, -0.15) is 0 Å². The maximum atomic E-state index is 11.7. The van der Waals surface area contributed by atoms with Crippen molar-refractivity contribution >= 4 is 33.6 Å². The van der Waals surface area contributed by atoms with Crippen molar-refractivity contribution in [2.24, 2.45) is 0 Å². The van der Waals surface area contributed by atoms with Crippen LogP contribution in [-0.4, -0.2) is 13.1 Å². The van der Waals surface area contributed by atoms with Crippen LogP contribution in [0.1, 0.15) is 11.1 Å². The zero-order chi connectivity index (χ0) is 14.4. The van der Waals surface area contributed by atoms with Crippen molar-refractivity contribution in [3.63, 3.8) is 0 Å². The van der Waals surface area contributed by atoms with Crippen LogP contribution in [0.15, 0.2) is 54.1 Å². The van der Waals surface area contributed by atoms with Gasteiger partial charge in [0.1, 0.15) is 0 Å². The van der Waals surface area contributed by atoms with Gasteiger partial charge < -0.3 is 4.74 Å². The van der Waals surface area contributed by atoms with Crippen molar-refractivity contribution in [1.82, 2.24) is 0 Å². The molecule has 0 atom stereocenters. The van der Waals surface area contributed by atoms with Crippen LogP contribution in [0, 0.1) is 0 Å². The largest absolute Gasteiger partial charge is 0.466 e. The minimum atomic E-state index is -0.236. The van der Waals surface area contributed by atoms with Crippen LogP contribution in [0.2, 0.25) is 0 Å². The molecule has 0 fully saturated rings. The Kier molecular flexibility index (Phi) is 2.58. The summed E-state index contributed by atoms with van der Waals surface area (Å²) in [5.74, 6) is -0.236. The summed E-state index contributed by atoms with van der Waals surface area (Å²) in [5.41, 5.74) is 3.07. The third-order valence-corrected chi connectivity index (χ3v) is 4.22. The monoisotopic (exact) mass is 274 g/mol. The Morgan fingerprint density at radius 3 is 2.62 bits per heavy atom. The van der Waals surface area contributed by atoms with E-state index >= 15 is 0 Å². The molecule has 0 amide bonds. The van der Waals surface area contributed by atoms with Crippen LogP contribution in [0.4, 0.5) is 0 Å². The predicted molar refractivity (Wildman–Crippen MR) is 85.2 cm³/mol. The first-order chi connectivity index (χ1) is 10.3. The average molecular weight is 274 g/mol. The summed E-state index contributed by atoms with van der Waals surface area (Å²) in [4.78, 5) is 11.7. The van der Waals surface area contributed by atoms with E-state index in [2.05, 4.69) is 48.5 Å². The molecule has 2 heteroatoms. The fourth-order valence-corrected chi connectivity index (χ4v) is 3.19. The molecule has 3 aromatic carbocycles. The lowest BCUT2D eigenvalue weighted by molar-refractivity contribution is -0.136. The molecule has 102 valence electrons. The average Bonchev–Trinajstić information content (AvgIpc) is 2.98. The van der Waals surface area contributed by atoms with Crippen LogP contribution >= 0.6 is 0 Å². The first-order valence-electron chi connectivity index (χ1n) is 7.00. The zero-order valence-corrected chi connectivity index (χ0v) is 11.7. The highest BCUT2D eigenvalue weighted by Gasteiger charge is 2.21. The molecule has 0 radical (unpaired) electrons. The third kappa shape index (κ3) is 1.76. The highest BCUT2D eigenvalue weighted by atomic mass is 16.5. The molecule has 4 rings (SSSR count). The summed E-state index contributed by atoms with van der Waals surface area (Å²) in [5, 5.41) is 4.96. The minimum Gasteiger partial charge on any atom is -0.466 e. The van der Waals surface area contributed by atoms with E-state index in [1.165, 1.54) is 34.2 Å². The van der Waals surface area contributed by atoms with Crippen molar-refractivity contribution in [2.75, 3.05) is 7.11 Å². The third-order valence-electron chi connectivity index (χ3n) is 4.22. The van der Waals surface area contributed by atoms with Crippen molar-refractivity contribution in [1.29, 1.82) is 0 Å². The van der Waals surface area contributed by atoms with E-state index in [4.69, 9.17) is 4.74 Å². The molecule has 0 unspecified atom stereocenters. The fourth-order valence-electron chi connectivity index (χ4n) is 3.19. The second kappa shape index (κ2) is 4.45. The van der Waals surface area contributed by atoms with Crippen LogP contribution in [-0.2, 0) is 16.0 Å². The van der Waals surface area contributed by atoms with E-state index in [0.717, 1.165) is 11.1 Å². The number of carbonyl (C=O) groups is 1. The first kappa shape index (κ1) is 12.2. The van der Waals surface area contributed by atoms with Gasteiger partial charge in [0.15, 0.2) is 0 Å². The number of rotatable bonds is 1. The molecule has 21 heavy (non-hydrogen) atoms. The number of benzene rings is 3. The van der Waals surface area contributed by atoms with Crippen molar-refractivity contribution in [2.45, 2.75) is 6.42 Å². The number of esters is 1. The van der Waals surface area contributed by atoms with Gasteiger partial charge in [0.05, 0.1) is 7.11 Å². The Balaban J connectivity index is 1.96. The highest BCUT2D eigenvalue weighted by molar-refractivity contribution is 6.10. The summed E-state index contributed by atoms with van der Waals surface area (Å²) in [6, 6.07) is 16.9. The molecule has 1 aliphatic rings. The molecular weight excluding hydrogens is 260 g/mol. The lowest BCUT2D eigenvalue weighted by Gasteiger charge is -2.08. The lowest BCUT2D eigenvalue weighted by atomic mass is 9.95. The summed E-state index contributed by atoms with van der Waals surface area (Å²) < 4.78 is 4.84. The molecule has 0 saturated heterocycles. The smallest absolute Gasteiger partial charge is 0.334 e. The second-order valence-corrected chi connectivity index (χ2v) is 5.35. The van der Waals surface area contributed by atoms with Gasteiger partial charge in [-0.15, -0.1) is 0 Å². The number of methoxy groups -OCH3 is 1. The Bertz CT molecular complexity index is 919. The normalized spacial score (nSPS) is 13.3. The summed E-state index contributed by atoms with van der Waals surface area (Å²) >= 11 is 0. The quantitative estimate of drug-likeness (QED) is 0.493. The van der Waals surface area contributed by atoms with E-state index in [9.17, 15) is 4.79 Å². The maximum Gasteiger partial charge on any atom is 0.334 e. The van der Waals surface area contributed by atoms with Crippen LogP contribution in [0.25, 0.3) is 27.6 Å². The molecule has 3 aromatic rings. The number of hydrogen-bond donors (Lipinski definition) is 0. The fraction of sp³-hybridized carbons (Fsp3) is 0.105. The van der Waals surface area contributed by atoms with Gasteiger partial charge in [0.2, 0.25) is 0 Å². The van der Waals surface area contributed by atoms with E-state index < -0.39 is 0 Å². The predicted octanol–water partition coefficient (Wildman–Crippen LogP) is 4.11. The Hall–Kier alpha value is -2.61. The van der Waals surface area contributed by atoms with Crippen molar-refractivity contribution in [3.8, 4) is 0 Å². The van der Waals surface area contributed by atoms with Gasteiger partial charge in [0.25, 0.3) is 0 Å². The van der Waals surface area contributed by atoms with Crippen LogP contribution in [0.5, 0.6) is 0 Å². The molecule has 0 N–H and O–H groups in total. The summed E-state index contributed by atoms with van der Waals surface area (Å²) in [7, 11) is 1.43. The molecule has 0 bridgehead atoms. The molecule has 2 nitrogen and oxygen atoms in total. The SMILES string of the molecule is COC(=O)C1=Cc2ccc3c(ccc4ccccc43)c2C1. The molecule has 0 spiro atoms. The van der Waals surface area contributed by atoms with Crippen LogP contribution < -0.4 is 0 Å². The Labute approximate surface area is 122 Å². The zero-order valence-electron chi connectivity index (χ0n) is 11.7. The maximum absolute atomic E-state index is 11.7. The van der Waals surface area contributed by atoms with Gasteiger partial charge in [0, 0.05) is 12.0 Å². The van der Waals surface area contributed by atoms with Gasteiger partial charge in [-0.3, -0.25) is 0 Å². The van der Waals surface area contributed by atoms with Crippen molar-refractivity contribution < 1.29 is 9.53 Å². The standard InChI is InChI=1S/C19H14O2/c1-21-19(20)14-10-13-7-9-16-15-5-3-2-4-12(15)6-8-17(16)18(13)11-14/h2-10H,11H2,1H3. The molecular formula is C19H14O2. The molecule has 0 heterocycles. The van der Waals surface area contributed by atoms with Gasteiger partial charge in [-0.05, 0) is 38.7 Å². The topological polar surface area (TPSA) is 26.3 Å². The molecule has 1 aliphatic carbocycles. The van der Waals surface area contributed by atoms with Gasteiger partial charge in [-0.25, -0.2) is 4.79 Å². The molecule has 0 saturated carbocycles. The number of carbonyl (C=O) groups excluding carboxylic acids is 1. The Morgan fingerprint density at radius 1 is 0.952 bits per heavy atom. The Morgan fingerprint density at radius 2 is 1.76 bits per heavy atom. The van der Waals surface area contributed by atoms with E-state index in [-0.39, 0.29) is 5.97 Å². The molecule has 0 aromatic heterocycles. The highest BCUT2D eigenvalue weighted by Crippen LogP contribution is 2.35. The molecule has 0 aliphatic heterocycles.